The number of benzene rings is 1. The fourth-order valence-electron chi connectivity index (χ4n) is 2.54. The first-order valence-corrected chi connectivity index (χ1v) is 7.86. The molecule has 0 aliphatic rings. The molecule has 0 radical (unpaired) electrons. The summed E-state index contributed by atoms with van der Waals surface area (Å²) >= 11 is 0. The third-order valence-corrected chi connectivity index (χ3v) is 3.57. The Kier molecular flexibility index (Phi) is 5.93. The number of nitrogens with one attached hydrogen (secondary N) is 1. The molecule has 0 aliphatic heterocycles. The largest absolute Gasteiger partial charge is 0.313 e. The molecule has 0 fully saturated rings. The van der Waals surface area contributed by atoms with Crippen molar-refractivity contribution in [1.82, 2.24) is 20.1 Å². The molecule has 4 nitrogen and oxygen atoms in total. The van der Waals surface area contributed by atoms with E-state index in [0.29, 0.717) is 12.1 Å². The van der Waals surface area contributed by atoms with Crippen molar-refractivity contribution < 1.29 is 0 Å². The summed E-state index contributed by atoms with van der Waals surface area (Å²) in [7, 11) is 0. The summed E-state index contributed by atoms with van der Waals surface area (Å²) in [6.07, 6.45) is 4.73. The fourth-order valence-corrected chi connectivity index (χ4v) is 2.54. The Hall–Kier alpha value is -1.68. The van der Waals surface area contributed by atoms with Crippen molar-refractivity contribution in [2.24, 2.45) is 0 Å². The Bertz CT molecular complexity index is 519. The van der Waals surface area contributed by atoms with Gasteiger partial charge in [0.05, 0.1) is 0 Å². The average Bonchev–Trinajstić information content (AvgIpc) is 2.94. The quantitative estimate of drug-likeness (QED) is 0.811. The molecule has 0 spiro atoms. The molecule has 0 saturated carbocycles. The van der Waals surface area contributed by atoms with E-state index in [9.17, 15) is 0 Å². The van der Waals surface area contributed by atoms with Gasteiger partial charge in [-0.3, -0.25) is 0 Å². The van der Waals surface area contributed by atoms with E-state index < -0.39 is 0 Å². The summed E-state index contributed by atoms with van der Waals surface area (Å²) in [5.41, 5.74) is 1.36. The molecule has 0 aliphatic carbocycles. The predicted octanol–water partition coefficient (Wildman–Crippen LogP) is 3.01. The maximum atomic E-state index is 4.44. The Balaban J connectivity index is 2.07. The predicted molar refractivity (Wildman–Crippen MR) is 86.3 cm³/mol. The molecule has 114 valence electrons. The van der Waals surface area contributed by atoms with Crippen LogP contribution in [0.25, 0.3) is 0 Å². The first kappa shape index (κ1) is 15.7. The molecular weight excluding hydrogens is 260 g/mol. The zero-order valence-corrected chi connectivity index (χ0v) is 13.3. The van der Waals surface area contributed by atoms with Crippen LogP contribution in [-0.4, -0.2) is 27.4 Å². The maximum absolute atomic E-state index is 4.44. The van der Waals surface area contributed by atoms with Crippen LogP contribution in [0.5, 0.6) is 0 Å². The van der Waals surface area contributed by atoms with Crippen molar-refractivity contribution in [1.29, 1.82) is 0 Å². The molecule has 0 bridgehead atoms. The highest BCUT2D eigenvalue weighted by atomic mass is 15.3. The van der Waals surface area contributed by atoms with Gasteiger partial charge in [-0.25, -0.2) is 9.67 Å². The van der Waals surface area contributed by atoms with Gasteiger partial charge >= 0.3 is 0 Å². The smallest absolute Gasteiger partial charge is 0.138 e. The molecule has 1 heterocycles. The van der Waals surface area contributed by atoms with E-state index in [4.69, 9.17) is 0 Å². The highest BCUT2D eigenvalue weighted by Crippen LogP contribution is 2.11. The molecule has 2 rings (SSSR count). The van der Waals surface area contributed by atoms with Gasteiger partial charge < -0.3 is 5.32 Å². The molecule has 1 aromatic carbocycles. The van der Waals surface area contributed by atoms with Gasteiger partial charge in [0.15, 0.2) is 0 Å². The minimum Gasteiger partial charge on any atom is -0.313 e. The molecule has 2 aromatic rings. The topological polar surface area (TPSA) is 42.7 Å². The maximum Gasteiger partial charge on any atom is 0.138 e. The zero-order valence-electron chi connectivity index (χ0n) is 13.3. The lowest BCUT2D eigenvalue weighted by Gasteiger charge is -2.19. The lowest BCUT2D eigenvalue weighted by atomic mass is 10.0. The Morgan fingerprint density at radius 2 is 1.90 bits per heavy atom. The lowest BCUT2D eigenvalue weighted by molar-refractivity contribution is 0.452. The van der Waals surface area contributed by atoms with E-state index in [1.54, 1.807) is 6.33 Å². The van der Waals surface area contributed by atoms with Crippen molar-refractivity contribution in [2.75, 3.05) is 6.54 Å². The van der Waals surface area contributed by atoms with E-state index in [1.165, 1.54) is 5.56 Å². The SMILES string of the molecule is CCCNC(Cc1ccccc1)Cc1ncnn1C(C)C. The van der Waals surface area contributed by atoms with Gasteiger partial charge in [0.1, 0.15) is 12.2 Å². The molecule has 1 aromatic heterocycles. The van der Waals surface area contributed by atoms with Crippen LogP contribution in [0.1, 0.15) is 44.6 Å². The molecule has 21 heavy (non-hydrogen) atoms. The number of aromatic nitrogens is 3. The van der Waals surface area contributed by atoms with Crippen LogP contribution in [-0.2, 0) is 12.8 Å². The minimum absolute atomic E-state index is 0.353. The van der Waals surface area contributed by atoms with Crippen LogP contribution in [0.3, 0.4) is 0 Å². The molecule has 1 atom stereocenters. The van der Waals surface area contributed by atoms with Crippen molar-refractivity contribution in [3.63, 3.8) is 0 Å². The van der Waals surface area contributed by atoms with Gasteiger partial charge in [-0.1, -0.05) is 37.3 Å². The highest BCUT2D eigenvalue weighted by molar-refractivity contribution is 5.16. The van der Waals surface area contributed by atoms with E-state index in [0.717, 1.165) is 31.6 Å². The van der Waals surface area contributed by atoms with Crippen LogP contribution in [0.4, 0.5) is 0 Å². The van der Waals surface area contributed by atoms with Crippen molar-refractivity contribution in [3.8, 4) is 0 Å². The van der Waals surface area contributed by atoms with Gasteiger partial charge in [0.2, 0.25) is 0 Å². The third kappa shape index (κ3) is 4.67. The van der Waals surface area contributed by atoms with E-state index in [1.807, 2.05) is 4.68 Å². The summed E-state index contributed by atoms with van der Waals surface area (Å²) in [4.78, 5) is 4.44. The first-order chi connectivity index (χ1) is 10.2. The van der Waals surface area contributed by atoms with Crippen molar-refractivity contribution >= 4 is 0 Å². The highest BCUT2D eigenvalue weighted by Gasteiger charge is 2.15. The summed E-state index contributed by atoms with van der Waals surface area (Å²) in [5, 5.41) is 7.98. The van der Waals surface area contributed by atoms with Gasteiger partial charge in [-0.2, -0.15) is 5.10 Å². The van der Waals surface area contributed by atoms with Gasteiger partial charge in [0.25, 0.3) is 0 Å². The van der Waals surface area contributed by atoms with Crippen molar-refractivity contribution in [2.45, 2.75) is 52.1 Å². The lowest BCUT2D eigenvalue weighted by Crippen LogP contribution is -2.35. The third-order valence-electron chi connectivity index (χ3n) is 3.57. The fraction of sp³-hybridized carbons (Fsp3) is 0.529. The van der Waals surface area contributed by atoms with Gasteiger partial charge in [-0.05, 0) is 38.8 Å². The second-order valence-corrected chi connectivity index (χ2v) is 5.76. The molecule has 0 saturated heterocycles. The number of rotatable bonds is 8. The van der Waals surface area contributed by atoms with Crippen LogP contribution in [0.2, 0.25) is 0 Å². The normalized spacial score (nSPS) is 12.8. The summed E-state index contributed by atoms with van der Waals surface area (Å²) < 4.78 is 2.02. The number of nitrogens with zero attached hydrogens (tertiary/aromatic N) is 3. The Labute approximate surface area is 127 Å². The van der Waals surface area contributed by atoms with E-state index >= 15 is 0 Å². The Morgan fingerprint density at radius 3 is 2.57 bits per heavy atom. The molecule has 1 N–H and O–H groups in total. The monoisotopic (exact) mass is 286 g/mol. The van der Waals surface area contributed by atoms with Crippen LogP contribution < -0.4 is 5.32 Å². The summed E-state index contributed by atoms with van der Waals surface area (Å²) in [6.45, 7) is 7.52. The second-order valence-electron chi connectivity index (χ2n) is 5.76. The van der Waals surface area contributed by atoms with Crippen LogP contribution >= 0.6 is 0 Å². The average molecular weight is 286 g/mol. The van der Waals surface area contributed by atoms with E-state index in [2.05, 4.69) is 66.5 Å². The number of hydrogen-bond acceptors (Lipinski definition) is 3. The molecule has 0 amide bonds. The zero-order chi connectivity index (χ0) is 15.1. The van der Waals surface area contributed by atoms with Gasteiger partial charge in [0, 0.05) is 18.5 Å². The minimum atomic E-state index is 0.353. The number of hydrogen-bond donors (Lipinski definition) is 1. The molecule has 1 unspecified atom stereocenters. The second kappa shape index (κ2) is 7.93. The molecular formula is C17H26N4. The van der Waals surface area contributed by atoms with Crippen LogP contribution in [0, 0.1) is 0 Å². The van der Waals surface area contributed by atoms with Gasteiger partial charge in [-0.15, -0.1) is 0 Å². The first-order valence-electron chi connectivity index (χ1n) is 7.86. The standard InChI is InChI=1S/C17H26N4/c1-4-10-18-16(11-15-8-6-5-7-9-15)12-17-19-13-20-21(17)14(2)3/h5-9,13-14,16,18H,4,10-12H2,1-3H3. The molecule has 4 heteroatoms. The van der Waals surface area contributed by atoms with E-state index in [-0.39, 0.29) is 0 Å². The van der Waals surface area contributed by atoms with Crippen LogP contribution in [0.15, 0.2) is 36.7 Å². The van der Waals surface area contributed by atoms with Crippen molar-refractivity contribution in [3.05, 3.63) is 48.0 Å². The summed E-state index contributed by atoms with van der Waals surface area (Å²) in [6, 6.07) is 11.4. The summed E-state index contributed by atoms with van der Waals surface area (Å²) in [5.74, 6) is 1.06. The Morgan fingerprint density at radius 1 is 1.14 bits per heavy atom.